The summed E-state index contributed by atoms with van der Waals surface area (Å²) >= 11 is 1.38. The lowest BCUT2D eigenvalue weighted by atomic mass is 9.90. The molecule has 1 aliphatic rings. The smallest absolute Gasteiger partial charge is 0.407 e. The fourth-order valence-corrected chi connectivity index (χ4v) is 3.09. The molecular weight excluding hydrogens is 278 g/mol. The average Bonchev–Trinajstić information content (AvgIpc) is 2.86. The Morgan fingerprint density at radius 1 is 1.25 bits per heavy atom. The second-order valence-electron chi connectivity index (χ2n) is 5.84. The van der Waals surface area contributed by atoms with Gasteiger partial charge in [0, 0.05) is 31.6 Å². The maximum Gasteiger partial charge on any atom is 0.407 e. The molecule has 0 saturated carbocycles. The molecule has 0 radical (unpaired) electrons. The van der Waals surface area contributed by atoms with E-state index in [2.05, 4.69) is 4.98 Å². The van der Waals surface area contributed by atoms with Crippen LogP contribution in [-0.4, -0.2) is 53.0 Å². The number of rotatable bonds is 2. The molecule has 1 aromatic rings. The molecule has 1 aromatic heterocycles. The predicted molar refractivity (Wildman–Crippen MR) is 77.7 cm³/mol. The van der Waals surface area contributed by atoms with Crippen LogP contribution >= 0.6 is 11.3 Å². The van der Waals surface area contributed by atoms with E-state index in [0.29, 0.717) is 31.1 Å². The van der Waals surface area contributed by atoms with Gasteiger partial charge in [-0.25, -0.2) is 9.78 Å². The van der Waals surface area contributed by atoms with Gasteiger partial charge in [-0.15, -0.1) is 0 Å². The van der Waals surface area contributed by atoms with E-state index < -0.39 is 11.5 Å². The summed E-state index contributed by atoms with van der Waals surface area (Å²) in [5.41, 5.74) is -0.411. The number of Topliss-reactive ketones (excluding diaryl/α,β-unsaturated/α-hetero) is 1. The third kappa shape index (κ3) is 3.09. The molecular formula is C13H19N3O3S. The summed E-state index contributed by atoms with van der Waals surface area (Å²) in [4.78, 5) is 31.4. The highest BCUT2D eigenvalue weighted by atomic mass is 32.1. The van der Waals surface area contributed by atoms with Gasteiger partial charge in [0.15, 0.2) is 10.9 Å². The van der Waals surface area contributed by atoms with Crippen LogP contribution in [0.2, 0.25) is 0 Å². The van der Waals surface area contributed by atoms with Crippen LogP contribution in [0.3, 0.4) is 0 Å². The number of aromatic nitrogens is 1. The minimum absolute atomic E-state index is 0.0884. The van der Waals surface area contributed by atoms with Crippen molar-refractivity contribution in [2.45, 2.75) is 20.8 Å². The van der Waals surface area contributed by atoms with Crippen molar-refractivity contribution < 1.29 is 14.7 Å². The molecule has 2 rings (SSSR count). The van der Waals surface area contributed by atoms with E-state index in [1.54, 1.807) is 6.20 Å². The first-order valence-electron chi connectivity index (χ1n) is 6.52. The quantitative estimate of drug-likeness (QED) is 0.847. The Morgan fingerprint density at radius 3 is 2.35 bits per heavy atom. The van der Waals surface area contributed by atoms with Crippen molar-refractivity contribution in [1.29, 1.82) is 0 Å². The first-order valence-corrected chi connectivity index (χ1v) is 7.34. The Hall–Kier alpha value is -1.63. The van der Waals surface area contributed by atoms with Gasteiger partial charge in [0.25, 0.3) is 0 Å². The molecule has 1 aliphatic heterocycles. The van der Waals surface area contributed by atoms with Crippen molar-refractivity contribution in [3.63, 3.8) is 0 Å². The standard InChI is InChI=1S/C13H19N3O3S/c1-13(2,3)10(17)9-8-14-11(20-9)15-4-6-16(7-5-15)12(18)19/h8H,4-7H2,1-3H3,(H,18,19). The second kappa shape index (κ2) is 5.40. The molecule has 0 atom stereocenters. The summed E-state index contributed by atoms with van der Waals surface area (Å²) in [6, 6.07) is 0. The first-order chi connectivity index (χ1) is 9.29. The SMILES string of the molecule is CC(C)(C)C(=O)c1cnc(N2CCN(C(=O)O)CC2)s1. The minimum atomic E-state index is -0.882. The zero-order valence-corrected chi connectivity index (χ0v) is 12.7. The van der Waals surface area contributed by atoms with Gasteiger partial charge in [-0.1, -0.05) is 32.1 Å². The number of carboxylic acid groups (broad SMARTS) is 1. The van der Waals surface area contributed by atoms with Crippen LogP contribution in [0.1, 0.15) is 30.4 Å². The molecule has 1 N–H and O–H groups in total. The first kappa shape index (κ1) is 14.8. The van der Waals surface area contributed by atoms with Crippen molar-refractivity contribution in [3.8, 4) is 0 Å². The number of carbonyl (C=O) groups excluding carboxylic acids is 1. The summed E-state index contributed by atoms with van der Waals surface area (Å²) in [6.07, 6.45) is 0.740. The number of nitrogens with zero attached hydrogens (tertiary/aromatic N) is 3. The Morgan fingerprint density at radius 2 is 1.85 bits per heavy atom. The monoisotopic (exact) mass is 297 g/mol. The molecule has 1 saturated heterocycles. The second-order valence-corrected chi connectivity index (χ2v) is 6.85. The summed E-state index contributed by atoms with van der Waals surface area (Å²) in [5, 5.41) is 9.71. The molecule has 110 valence electrons. The van der Waals surface area contributed by atoms with Crippen LogP contribution in [-0.2, 0) is 0 Å². The van der Waals surface area contributed by atoms with Crippen molar-refractivity contribution in [3.05, 3.63) is 11.1 Å². The van der Waals surface area contributed by atoms with Crippen LogP contribution in [0, 0.1) is 5.41 Å². The number of hydrogen-bond donors (Lipinski definition) is 1. The van der Waals surface area contributed by atoms with Crippen LogP contribution in [0.4, 0.5) is 9.93 Å². The normalized spacial score (nSPS) is 16.4. The Bertz CT molecular complexity index is 513. The lowest BCUT2D eigenvalue weighted by molar-refractivity contribution is 0.0862. The van der Waals surface area contributed by atoms with Gasteiger partial charge in [-0.3, -0.25) is 4.79 Å². The van der Waals surface area contributed by atoms with Gasteiger partial charge in [-0.05, 0) is 0 Å². The van der Waals surface area contributed by atoms with Crippen LogP contribution in [0.5, 0.6) is 0 Å². The molecule has 0 aliphatic carbocycles. The van der Waals surface area contributed by atoms with E-state index in [-0.39, 0.29) is 5.78 Å². The summed E-state index contributed by atoms with van der Waals surface area (Å²) < 4.78 is 0. The number of carbonyl (C=O) groups is 2. The minimum Gasteiger partial charge on any atom is -0.465 e. The summed E-state index contributed by atoms with van der Waals surface area (Å²) in [5.74, 6) is 0.0884. The van der Waals surface area contributed by atoms with Gasteiger partial charge in [-0.2, -0.15) is 0 Å². The fourth-order valence-electron chi connectivity index (χ4n) is 1.97. The highest BCUT2D eigenvalue weighted by Crippen LogP contribution is 2.29. The van der Waals surface area contributed by atoms with Gasteiger partial charge in [0.2, 0.25) is 0 Å². The van der Waals surface area contributed by atoms with Gasteiger partial charge in [0.05, 0.1) is 11.1 Å². The molecule has 2 heterocycles. The molecule has 7 heteroatoms. The molecule has 0 bridgehead atoms. The number of piperazine rings is 1. The molecule has 6 nitrogen and oxygen atoms in total. The Balaban J connectivity index is 2.04. The number of ketones is 1. The Kier molecular flexibility index (Phi) is 3.99. The molecule has 1 amide bonds. The highest BCUT2D eigenvalue weighted by molar-refractivity contribution is 7.17. The van der Waals surface area contributed by atoms with E-state index >= 15 is 0 Å². The number of hydrogen-bond acceptors (Lipinski definition) is 5. The van der Waals surface area contributed by atoms with E-state index in [9.17, 15) is 9.59 Å². The van der Waals surface area contributed by atoms with Crippen molar-refractivity contribution in [2.24, 2.45) is 5.41 Å². The van der Waals surface area contributed by atoms with Crippen molar-refractivity contribution >= 4 is 28.3 Å². The van der Waals surface area contributed by atoms with E-state index in [0.717, 1.165) is 5.13 Å². The molecule has 20 heavy (non-hydrogen) atoms. The number of anilines is 1. The van der Waals surface area contributed by atoms with Crippen molar-refractivity contribution in [2.75, 3.05) is 31.1 Å². The average molecular weight is 297 g/mol. The van der Waals surface area contributed by atoms with Gasteiger partial charge < -0.3 is 14.9 Å². The zero-order valence-electron chi connectivity index (χ0n) is 11.9. The van der Waals surface area contributed by atoms with Crippen LogP contribution in [0.15, 0.2) is 6.20 Å². The predicted octanol–water partition coefficient (Wildman–Crippen LogP) is 2.17. The third-order valence-electron chi connectivity index (χ3n) is 3.22. The van der Waals surface area contributed by atoms with Gasteiger partial charge in [0.1, 0.15) is 0 Å². The van der Waals surface area contributed by atoms with E-state index in [1.165, 1.54) is 16.2 Å². The fraction of sp³-hybridized carbons (Fsp3) is 0.615. The lowest BCUT2D eigenvalue weighted by Crippen LogP contribution is -2.48. The topological polar surface area (TPSA) is 73.7 Å². The largest absolute Gasteiger partial charge is 0.465 e. The van der Waals surface area contributed by atoms with Crippen molar-refractivity contribution in [1.82, 2.24) is 9.88 Å². The van der Waals surface area contributed by atoms with Gasteiger partial charge >= 0.3 is 6.09 Å². The third-order valence-corrected chi connectivity index (χ3v) is 4.28. The number of thiazole rings is 1. The molecule has 1 fully saturated rings. The van der Waals surface area contributed by atoms with E-state index in [4.69, 9.17) is 5.11 Å². The zero-order chi connectivity index (χ0) is 14.9. The molecule has 0 aromatic carbocycles. The summed E-state index contributed by atoms with van der Waals surface area (Å²) in [6.45, 7) is 7.84. The number of amides is 1. The van der Waals surface area contributed by atoms with E-state index in [1.807, 2.05) is 25.7 Å². The Labute approximate surface area is 122 Å². The molecule has 0 spiro atoms. The maximum atomic E-state index is 12.2. The lowest BCUT2D eigenvalue weighted by Gasteiger charge is -2.32. The van der Waals surface area contributed by atoms with Crippen LogP contribution in [0.25, 0.3) is 0 Å². The highest BCUT2D eigenvalue weighted by Gasteiger charge is 2.27. The molecule has 0 unspecified atom stereocenters. The maximum absolute atomic E-state index is 12.2. The summed E-state index contributed by atoms with van der Waals surface area (Å²) in [7, 11) is 0. The van der Waals surface area contributed by atoms with Crippen LogP contribution < -0.4 is 4.90 Å².